The summed E-state index contributed by atoms with van der Waals surface area (Å²) in [6.07, 6.45) is 15.7. The second-order valence-corrected chi connectivity index (χ2v) is 11.7. The van der Waals surface area contributed by atoms with Gasteiger partial charge in [-0.1, -0.05) is 58.1 Å². The topological polar surface area (TPSA) is 74.6 Å². The molecule has 2 unspecified atom stereocenters. The Morgan fingerprint density at radius 1 is 0.968 bits per heavy atom. The highest BCUT2D eigenvalue weighted by Gasteiger charge is 2.57. The quantitative estimate of drug-likeness (QED) is 0.474. The molecule has 4 aliphatic carbocycles. The minimum atomic E-state index is -0.602. The Labute approximate surface area is 188 Å². The van der Waals surface area contributed by atoms with Gasteiger partial charge >= 0.3 is 11.9 Å². The van der Waals surface area contributed by atoms with Crippen molar-refractivity contribution in [1.82, 2.24) is 0 Å². The Kier molecular flexibility index (Phi) is 7.58. The van der Waals surface area contributed by atoms with E-state index in [-0.39, 0.29) is 11.3 Å². The molecule has 2 N–H and O–H groups in total. The number of carboxylic acid groups (broad SMARTS) is 2. The molecule has 31 heavy (non-hydrogen) atoms. The largest absolute Gasteiger partial charge is 0.481 e. The lowest BCUT2D eigenvalue weighted by atomic mass is 9.46. The van der Waals surface area contributed by atoms with E-state index in [4.69, 9.17) is 5.11 Å². The third-order valence-corrected chi connectivity index (χ3v) is 9.55. The molecule has 0 saturated heterocycles. The van der Waals surface area contributed by atoms with E-state index in [1.54, 1.807) is 5.57 Å². The van der Waals surface area contributed by atoms with Gasteiger partial charge in [0.25, 0.3) is 0 Å². The van der Waals surface area contributed by atoms with Gasteiger partial charge in [0.2, 0.25) is 0 Å². The maximum absolute atomic E-state index is 12.0. The van der Waals surface area contributed by atoms with E-state index < -0.39 is 17.4 Å². The summed E-state index contributed by atoms with van der Waals surface area (Å²) in [5, 5.41) is 18.4. The van der Waals surface area contributed by atoms with Gasteiger partial charge < -0.3 is 10.2 Å². The summed E-state index contributed by atoms with van der Waals surface area (Å²) in [6.45, 7) is 9.11. The Morgan fingerprint density at radius 2 is 1.65 bits per heavy atom. The molecule has 0 aliphatic heterocycles. The van der Waals surface area contributed by atoms with E-state index in [0.717, 1.165) is 56.8 Å². The molecule has 4 rings (SSSR count). The fourth-order valence-corrected chi connectivity index (χ4v) is 7.39. The van der Waals surface area contributed by atoms with E-state index in [0.29, 0.717) is 11.8 Å². The lowest BCUT2D eigenvalue weighted by Gasteiger charge is -2.58. The van der Waals surface area contributed by atoms with Gasteiger partial charge in [0, 0.05) is 0 Å². The predicted octanol–water partition coefficient (Wildman–Crippen LogP) is 6.94. The van der Waals surface area contributed by atoms with Gasteiger partial charge in [-0.2, -0.15) is 0 Å². The van der Waals surface area contributed by atoms with Crippen molar-refractivity contribution >= 4 is 11.9 Å². The molecule has 0 amide bonds. The van der Waals surface area contributed by atoms with Crippen molar-refractivity contribution < 1.29 is 19.8 Å². The standard InChI is InChI=1S/C20H32O2.C7H12O2/c1-13(2)14-6-8-16-15(12-14)7-9-17-19(16,3)10-5-11-20(17,4)18(21)22;8-7(9)6-4-2-1-3-5-6/h7,13-14,16-17H,5-6,8-12H2,1-4H3,(H,21,22);6H,1-5H2,(H,8,9)/t14?,16-,17?,19+,20+;/m0./s1. The first-order valence-electron chi connectivity index (χ1n) is 12.7. The Hall–Kier alpha value is -1.32. The lowest BCUT2D eigenvalue weighted by Crippen LogP contribution is -2.53. The maximum atomic E-state index is 12.0. The van der Waals surface area contributed by atoms with Crippen molar-refractivity contribution in [3.8, 4) is 0 Å². The summed E-state index contributed by atoms with van der Waals surface area (Å²) in [4.78, 5) is 22.3. The van der Waals surface area contributed by atoms with E-state index in [9.17, 15) is 14.7 Å². The van der Waals surface area contributed by atoms with Crippen LogP contribution in [0.25, 0.3) is 0 Å². The SMILES string of the molecule is CC(C)C1CC[C@H]2C(=CCC3[C@](C)(C(=O)O)CCC[C@@]32C)C1.O=C(O)C1CCCCC1. The van der Waals surface area contributed by atoms with Gasteiger partial charge in [-0.05, 0) is 87.4 Å². The van der Waals surface area contributed by atoms with E-state index in [2.05, 4.69) is 26.8 Å². The van der Waals surface area contributed by atoms with Crippen LogP contribution in [0.15, 0.2) is 11.6 Å². The van der Waals surface area contributed by atoms with Crippen molar-refractivity contribution in [2.45, 2.75) is 105 Å². The van der Waals surface area contributed by atoms with Crippen LogP contribution in [0.4, 0.5) is 0 Å². The lowest BCUT2D eigenvalue weighted by molar-refractivity contribution is -0.163. The van der Waals surface area contributed by atoms with Gasteiger partial charge in [0.1, 0.15) is 0 Å². The zero-order chi connectivity index (χ0) is 22.8. The van der Waals surface area contributed by atoms with Crippen molar-refractivity contribution in [3.63, 3.8) is 0 Å². The van der Waals surface area contributed by atoms with Crippen molar-refractivity contribution in [1.29, 1.82) is 0 Å². The molecule has 5 atom stereocenters. The third-order valence-electron chi connectivity index (χ3n) is 9.55. The molecule has 3 saturated carbocycles. The first-order chi connectivity index (χ1) is 14.6. The van der Waals surface area contributed by atoms with Crippen LogP contribution in [-0.4, -0.2) is 22.2 Å². The Bertz CT molecular complexity index is 689. The molecular formula is C27H44O4. The zero-order valence-electron chi connectivity index (χ0n) is 20.2. The zero-order valence-corrected chi connectivity index (χ0v) is 20.2. The smallest absolute Gasteiger partial charge is 0.309 e. The minimum Gasteiger partial charge on any atom is -0.481 e. The number of carbonyl (C=O) groups is 2. The normalized spacial score (nSPS) is 38.2. The van der Waals surface area contributed by atoms with Crippen LogP contribution >= 0.6 is 0 Å². The Balaban J connectivity index is 0.000000254. The second kappa shape index (κ2) is 9.67. The molecule has 0 aromatic rings. The molecule has 0 bridgehead atoms. The third kappa shape index (κ3) is 4.88. The molecule has 4 aliphatic rings. The molecule has 0 aromatic heterocycles. The van der Waals surface area contributed by atoms with Crippen molar-refractivity contribution in [3.05, 3.63) is 11.6 Å². The molecule has 3 fully saturated rings. The molecular weight excluding hydrogens is 388 g/mol. The number of allylic oxidation sites excluding steroid dienone is 2. The average molecular weight is 433 g/mol. The summed E-state index contributed by atoms with van der Waals surface area (Å²) >= 11 is 0. The van der Waals surface area contributed by atoms with Crippen molar-refractivity contribution in [2.75, 3.05) is 0 Å². The molecule has 0 radical (unpaired) electrons. The van der Waals surface area contributed by atoms with Gasteiger partial charge in [-0.3, -0.25) is 9.59 Å². The van der Waals surface area contributed by atoms with Gasteiger partial charge in [0.05, 0.1) is 11.3 Å². The van der Waals surface area contributed by atoms with Crippen LogP contribution in [0, 0.1) is 40.4 Å². The molecule has 0 spiro atoms. The van der Waals surface area contributed by atoms with Crippen LogP contribution in [0.5, 0.6) is 0 Å². The summed E-state index contributed by atoms with van der Waals surface area (Å²) in [5.74, 6) is 1.35. The van der Waals surface area contributed by atoms with Crippen LogP contribution < -0.4 is 0 Å². The highest BCUT2D eigenvalue weighted by atomic mass is 16.4. The van der Waals surface area contributed by atoms with E-state index >= 15 is 0 Å². The van der Waals surface area contributed by atoms with E-state index in [1.807, 2.05) is 6.92 Å². The molecule has 0 heterocycles. The molecule has 176 valence electrons. The highest BCUT2D eigenvalue weighted by molar-refractivity contribution is 5.75. The summed E-state index contributed by atoms with van der Waals surface area (Å²) in [5.41, 5.74) is 1.35. The number of hydrogen-bond donors (Lipinski definition) is 2. The molecule has 4 heteroatoms. The van der Waals surface area contributed by atoms with Gasteiger partial charge in [0.15, 0.2) is 0 Å². The number of rotatable bonds is 3. The summed E-state index contributed by atoms with van der Waals surface area (Å²) in [6, 6.07) is 0. The Morgan fingerprint density at radius 3 is 2.19 bits per heavy atom. The van der Waals surface area contributed by atoms with Crippen LogP contribution in [0.2, 0.25) is 0 Å². The minimum absolute atomic E-state index is 0.0289. The number of fused-ring (bicyclic) bond motifs is 3. The number of aliphatic carboxylic acids is 2. The first kappa shape index (κ1) is 24.3. The fraction of sp³-hybridized carbons (Fsp3) is 0.852. The fourth-order valence-electron chi connectivity index (χ4n) is 7.39. The highest BCUT2D eigenvalue weighted by Crippen LogP contribution is 2.62. The van der Waals surface area contributed by atoms with Crippen LogP contribution in [0.3, 0.4) is 0 Å². The molecule has 4 nitrogen and oxygen atoms in total. The average Bonchev–Trinajstić information content (AvgIpc) is 2.74. The first-order valence-corrected chi connectivity index (χ1v) is 12.7. The monoisotopic (exact) mass is 432 g/mol. The van der Waals surface area contributed by atoms with Crippen LogP contribution in [-0.2, 0) is 9.59 Å². The van der Waals surface area contributed by atoms with Crippen molar-refractivity contribution in [2.24, 2.45) is 40.4 Å². The summed E-state index contributed by atoms with van der Waals surface area (Å²) < 4.78 is 0. The predicted molar refractivity (Wildman–Crippen MR) is 124 cm³/mol. The van der Waals surface area contributed by atoms with E-state index in [1.165, 1.54) is 32.1 Å². The van der Waals surface area contributed by atoms with Gasteiger partial charge in [-0.15, -0.1) is 0 Å². The molecule has 0 aromatic carbocycles. The maximum Gasteiger partial charge on any atom is 0.309 e. The second-order valence-electron chi connectivity index (χ2n) is 11.7. The summed E-state index contributed by atoms with van der Waals surface area (Å²) in [7, 11) is 0. The number of hydrogen-bond acceptors (Lipinski definition) is 2. The van der Waals surface area contributed by atoms with Crippen LogP contribution in [0.1, 0.15) is 105 Å². The number of carboxylic acids is 2. The van der Waals surface area contributed by atoms with Gasteiger partial charge in [-0.25, -0.2) is 0 Å².